The summed E-state index contributed by atoms with van der Waals surface area (Å²) in [6, 6.07) is 14.8. The SMILES string of the molecule is CCc1ccc(NC(=O)c2oc3c(c2C)/C(=N/NC(=O)c2ccc(Br)cc2)CCC3)cc1. The van der Waals surface area contributed by atoms with Gasteiger partial charge in [0.1, 0.15) is 5.76 Å². The molecule has 1 aliphatic rings. The van der Waals surface area contributed by atoms with Crippen molar-refractivity contribution in [3.8, 4) is 0 Å². The Hall–Kier alpha value is -3.19. The zero-order valence-corrected chi connectivity index (χ0v) is 19.6. The van der Waals surface area contributed by atoms with Gasteiger partial charge in [-0.25, -0.2) is 5.43 Å². The number of amides is 2. The average molecular weight is 494 g/mol. The van der Waals surface area contributed by atoms with Crippen molar-refractivity contribution in [2.75, 3.05) is 5.32 Å². The van der Waals surface area contributed by atoms with Gasteiger partial charge in [0, 0.05) is 33.3 Å². The van der Waals surface area contributed by atoms with Gasteiger partial charge in [0.15, 0.2) is 5.76 Å². The third kappa shape index (κ3) is 4.67. The van der Waals surface area contributed by atoms with Crippen molar-refractivity contribution < 1.29 is 14.0 Å². The second-order valence-corrected chi connectivity index (χ2v) is 8.63. The molecule has 1 heterocycles. The average Bonchev–Trinajstić information content (AvgIpc) is 3.15. The van der Waals surface area contributed by atoms with E-state index in [1.54, 1.807) is 12.1 Å². The molecular weight excluding hydrogens is 470 g/mol. The molecule has 0 atom stereocenters. The van der Waals surface area contributed by atoms with Crippen molar-refractivity contribution in [3.05, 3.63) is 86.8 Å². The first-order valence-electron chi connectivity index (χ1n) is 10.6. The van der Waals surface area contributed by atoms with E-state index in [1.807, 2.05) is 43.3 Å². The molecule has 164 valence electrons. The van der Waals surface area contributed by atoms with Gasteiger partial charge in [-0.05, 0) is 68.1 Å². The number of carbonyl (C=O) groups excluding carboxylic acids is 2. The summed E-state index contributed by atoms with van der Waals surface area (Å²) in [5.41, 5.74) is 7.36. The van der Waals surface area contributed by atoms with Gasteiger partial charge in [0.05, 0.1) is 5.71 Å². The number of halogens is 1. The van der Waals surface area contributed by atoms with Gasteiger partial charge in [0.25, 0.3) is 11.8 Å². The van der Waals surface area contributed by atoms with Crippen LogP contribution in [0.5, 0.6) is 0 Å². The van der Waals surface area contributed by atoms with Crippen LogP contribution >= 0.6 is 15.9 Å². The first kappa shape index (κ1) is 22.0. The summed E-state index contributed by atoms with van der Waals surface area (Å²) in [6.45, 7) is 3.94. The normalized spacial score (nSPS) is 14.2. The lowest BCUT2D eigenvalue weighted by Crippen LogP contribution is -2.22. The highest BCUT2D eigenvalue weighted by Crippen LogP contribution is 2.30. The Morgan fingerprint density at radius 2 is 1.75 bits per heavy atom. The summed E-state index contributed by atoms with van der Waals surface area (Å²) in [5, 5.41) is 7.28. The fourth-order valence-electron chi connectivity index (χ4n) is 3.79. The fourth-order valence-corrected chi connectivity index (χ4v) is 4.06. The lowest BCUT2D eigenvalue weighted by molar-refractivity contribution is 0.0953. The van der Waals surface area contributed by atoms with Crippen molar-refractivity contribution in [2.45, 2.75) is 39.5 Å². The van der Waals surface area contributed by atoms with Crippen LogP contribution in [-0.4, -0.2) is 17.5 Å². The molecule has 0 unspecified atom stereocenters. The highest BCUT2D eigenvalue weighted by atomic mass is 79.9. The minimum Gasteiger partial charge on any atom is -0.455 e. The molecule has 0 fully saturated rings. The lowest BCUT2D eigenvalue weighted by atomic mass is 9.93. The molecule has 0 saturated carbocycles. The maximum absolute atomic E-state index is 12.9. The topological polar surface area (TPSA) is 83.7 Å². The molecular formula is C25H24BrN3O3. The third-order valence-electron chi connectivity index (χ3n) is 5.55. The zero-order valence-electron chi connectivity index (χ0n) is 18.0. The van der Waals surface area contributed by atoms with Crippen molar-refractivity contribution in [2.24, 2.45) is 5.10 Å². The predicted molar refractivity (Wildman–Crippen MR) is 128 cm³/mol. The number of nitrogens with zero attached hydrogens (tertiary/aromatic N) is 1. The largest absolute Gasteiger partial charge is 0.455 e. The number of nitrogens with one attached hydrogen (secondary N) is 2. The van der Waals surface area contributed by atoms with Crippen LogP contribution in [0.25, 0.3) is 0 Å². The van der Waals surface area contributed by atoms with Crippen LogP contribution in [0, 0.1) is 6.92 Å². The van der Waals surface area contributed by atoms with E-state index in [0.717, 1.165) is 52.0 Å². The first-order valence-corrected chi connectivity index (χ1v) is 11.4. The molecule has 0 radical (unpaired) electrons. The first-order chi connectivity index (χ1) is 15.5. The number of hydrogen-bond acceptors (Lipinski definition) is 4. The second kappa shape index (κ2) is 9.53. The summed E-state index contributed by atoms with van der Waals surface area (Å²) in [7, 11) is 0. The van der Waals surface area contributed by atoms with Crippen LogP contribution in [0.3, 0.4) is 0 Å². The summed E-state index contributed by atoms with van der Waals surface area (Å²) in [6.07, 6.45) is 3.22. The number of hydrogen-bond donors (Lipinski definition) is 2. The van der Waals surface area contributed by atoms with Gasteiger partial charge >= 0.3 is 0 Å². The molecule has 2 N–H and O–H groups in total. The quantitative estimate of drug-likeness (QED) is 0.451. The number of aryl methyl sites for hydroxylation is 2. The van der Waals surface area contributed by atoms with E-state index in [1.165, 1.54) is 5.56 Å². The lowest BCUT2D eigenvalue weighted by Gasteiger charge is -2.13. The molecule has 2 amide bonds. The number of fused-ring (bicyclic) bond motifs is 1. The number of benzene rings is 2. The van der Waals surface area contributed by atoms with Crippen molar-refractivity contribution >= 4 is 39.1 Å². The Morgan fingerprint density at radius 3 is 2.44 bits per heavy atom. The third-order valence-corrected chi connectivity index (χ3v) is 6.08. The highest BCUT2D eigenvalue weighted by molar-refractivity contribution is 9.10. The van der Waals surface area contributed by atoms with Crippen LogP contribution < -0.4 is 10.7 Å². The Labute approximate surface area is 195 Å². The number of furan rings is 1. The zero-order chi connectivity index (χ0) is 22.7. The Balaban J connectivity index is 1.54. The summed E-state index contributed by atoms with van der Waals surface area (Å²) in [5.74, 6) is 0.437. The number of hydrazone groups is 1. The molecule has 3 aromatic rings. The summed E-state index contributed by atoms with van der Waals surface area (Å²) >= 11 is 3.36. The van der Waals surface area contributed by atoms with Crippen molar-refractivity contribution in [3.63, 3.8) is 0 Å². The Kier molecular flexibility index (Phi) is 6.55. The summed E-state index contributed by atoms with van der Waals surface area (Å²) < 4.78 is 6.84. The molecule has 0 spiro atoms. The molecule has 1 aliphatic carbocycles. The summed E-state index contributed by atoms with van der Waals surface area (Å²) in [4.78, 5) is 25.3. The maximum atomic E-state index is 12.9. The molecule has 32 heavy (non-hydrogen) atoms. The minimum atomic E-state index is -0.292. The van der Waals surface area contributed by atoms with Crippen LogP contribution in [0.4, 0.5) is 5.69 Å². The van der Waals surface area contributed by atoms with Gasteiger partial charge in [-0.15, -0.1) is 0 Å². The van der Waals surface area contributed by atoms with Crippen molar-refractivity contribution in [1.82, 2.24) is 5.43 Å². The smallest absolute Gasteiger partial charge is 0.291 e. The van der Waals surface area contributed by atoms with Crippen LogP contribution in [0.2, 0.25) is 0 Å². The van der Waals surface area contributed by atoms with E-state index in [-0.39, 0.29) is 17.6 Å². The number of anilines is 1. The van der Waals surface area contributed by atoms with E-state index < -0.39 is 0 Å². The van der Waals surface area contributed by atoms with Crippen molar-refractivity contribution in [1.29, 1.82) is 0 Å². The molecule has 0 bridgehead atoms. The van der Waals surface area contributed by atoms with Gasteiger partial charge in [-0.1, -0.05) is 35.0 Å². The van der Waals surface area contributed by atoms with Crippen LogP contribution in [0.15, 0.2) is 62.5 Å². The molecule has 0 aliphatic heterocycles. The predicted octanol–water partition coefficient (Wildman–Crippen LogP) is 5.64. The molecule has 6 nitrogen and oxygen atoms in total. The molecule has 1 aromatic heterocycles. The van der Waals surface area contributed by atoms with Gasteiger partial charge in [0.2, 0.25) is 0 Å². The van der Waals surface area contributed by atoms with E-state index in [0.29, 0.717) is 12.0 Å². The van der Waals surface area contributed by atoms with Gasteiger partial charge < -0.3 is 9.73 Å². The van der Waals surface area contributed by atoms with Crippen LogP contribution in [0.1, 0.15) is 63.1 Å². The van der Waals surface area contributed by atoms with Crippen LogP contribution in [-0.2, 0) is 12.8 Å². The number of carbonyl (C=O) groups is 2. The number of rotatable bonds is 5. The van der Waals surface area contributed by atoms with Gasteiger partial charge in [-0.2, -0.15) is 5.10 Å². The Morgan fingerprint density at radius 1 is 1.03 bits per heavy atom. The molecule has 0 saturated heterocycles. The van der Waals surface area contributed by atoms with E-state index in [2.05, 4.69) is 38.7 Å². The van der Waals surface area contributed by atoms with E-state index in [4.69, 9.17) is 4.42 Å². The molecule has 7 heteroatoms. The standard InChI is InChI=1S/C25H24BrN3O3/c1-3-16-7-13-19(14-8-16)27-25(31)23-15(2)22-20(5-4-6-21(22)32-23)28-29-24(30)17-9-11-18(26)12-10-17/h7-14H,3-6H2,1-2H3,(H,27,31)(H,29,30)/b28-20+. The van der Waals surface area contributed by atoms with E-state index >= 15 is 0 Å². The Bertz CT molecular complexity index is 1180. The highest BCUT2D eigenvalue weighted by Gasteiger charge is 2.28. The molecule has 2 aromatic carbocycles. The van der Waals surface area contributed by atoms with E-state index in [9.17, 15) is 9.59 Å². The molecule has 4 rings (SSSR count). The maximum Gasteiger partial charge on any atom is 0.291 e. The monoisotopic (exact) mass is 493 g/mol. The second-order valence-electron chi connectivity index (χ2n) is 7.72. The minimum absolute atomic E-state index is 0.281. The van der Waals surface area contributed by atoms with Gasteiger partial charge in [-0.3, -0.25) is 9.59 Å². The fraction of sp³-hybridized carbons (Fsp3) is 0.240.